The Morgan fingerprint density at radius 3 is 2.94 bits per heavy atom. The van der Waals surface area contributed by atoms with Crippen molar-refractivity contribution in [1.82, 2.24) is 4.90 Å². The van der Waals surface area contributed by atoms with Crippen LogP contribution < -0.4 is 0 Å². The Morgan fingerprint density at radius 2 is 2.19 bits per heavy atom. The summed E-state index contributed by atoms with van der Waals surface area (Å²) in [7, 11) is 3.46. The maximum atomic E-state index is 5.88. The summed E-state index contributed by atoms with van der Waals surface area (Å²) in [6.07, 6.45) is 5.49. The van der Waals surface area contributed by atoms with E-state index in [4.69, 9.17) is 17.0 Å². The first-order valence-corrected chi connectivity index (χ1v) is 6.80. The van der Waals surface area contributed by atoms with E-state index in [0.717, 1.165) is 0 Å². The third kappa shape index (κ3) is 1.35. The molecule has 4 unspecified atom stereocenters. The van der Waals surface area contributed by atoms with E-state index in [9.17, 15) is 0 Å². The Morgan fingerprint density at radius 1 is 1.44 bits per heavy atom. The summed E-state index contributed by atoms with van der Waals surface area (Å²) >= 11 is 5.26. The lowest BCUT2D eigenvalue weighted by Crippen LogP contribution is -2.35. The minimum Gasteiger partial charge on any atom is -0.465 e. The van der Waals surface area contributed by atoms with Crippen LogP contribution in [0.25, 0.3) is 0 Å². The van der Waals surface area contributed by atoms with Crippen molar-refractivity contribution >= 4 is 24.7 Å². The predicted octanol–water partition coefficient (Wildman–Crippen LogP) is 2.35. The molecule has 88 valence electrons. The highest BCUT2D eigenvalue weighted by Crippen LogP contribution is 2.74. The van der Waals surface area contributed by atoms with Crippen LogP contribution in [-0.4, -0.2) is 36.5 Å². The summed E-state index contributed by atoms with van der Waals surface area (Å²) in [5.41, 5.74) is 0. The second-order valence-corrected chi connectivity index (χ2v) is 6.84. The van der Waals surface area contributed by atoms with Crippen molar-refractivity contribution in [2.24, 2.45) is 0 Å². The average molecular weight is 237 g/mol. The van der Waals surface area contributed by atoms with Crippen LogP contribution in [0.5, 0.6) is 0 Å². The van der Waals surface area contributed by atoms with Gasteiger partial charge in [-0.2, -0.15) is 0 Å². The zero-order valence-electron chi connectivity index (χ0n) is 10.5. The van der Waals surface area contributed by atoms with Crippen molar-refractivity contribution in [2.75, 3.05) is 7.05 Å². The molecule has 3 aliphatic rings. The van der Waals surface area contributed by atoms with Gasteiger partial charge in [0.2, 0.25) is 0 Å². The second-order valence-electron chi connectivity index (χ2n) is 6.49. The van der Waals surface area contributed by atoms with E-state index < -0.39 is 0 Å². The summed E-state index contributed by atoms with van der Waals surface area (Å²) in [5, 5.41) is 1.81. The van der Waals surface area contributed by atoms with E-state index in [1.165, 1.54) is 33.0 Å². The third-order valence-electron chi connectivity index (χ3n) is 5.46. The standard InChI is InChI=1S/C12H20BNOS/c1-11-6-4-5-8-9(7-12(11,2)13-11)15-10(16)14(8)3/h8-9,13H,4-7H2,1-3H3. The fourth-order valence-corrected chi connectivity index (χ4v) is 4.16. The number of nitrogens with zero attached hydrogens (tertiary/aromatic N) is 1. The van der Waals surface area contributed by atoms with Crippen molar-refractivity contribution in [3.8, 4) is 0 Å². The SMILES string of the molecule is CN1C(=S)OC2CC3(C)BC3(C)CCCC21. The molecule has 1 aliphatic carbocycles. The molecule has 16 heavy (non-hydrogen) atoms. The Labute approximate surface area is 104 Å². The minimum atomic E-state index is 0.352. The number of hydrogen-bond donors (Lipinski definition) is 0. The maximum Gasteiger partial charge on any atom is 0.259 e. The van der Waals surface area contributed by atoms with Gasteiger partial charge in [-0.1, -0.05) is 37.3 Å². The van der Waals surface area contributed by atoms with Crippen molar-refractivity contribution in [1.29, 1.82) is 0 Å². The molecule has 2 aliphatic heterocycles. The van der Waals surface area contributed by atoms with Crippen LogP contribution in [0, 0.1) is 0 Å². The fraction of sp³-hybridized carbons (Fsp3) is 0.917. The lowest BCUT2D eigenvalue weighted by Gasteiger charge is -2.30. The summed E-state index contributed by atoms with van der Waals surface area (Å²) < 4.78 is 5.88. The van der Waals surface area contributed by atoms with Crippen LogP contribution in [0.1, 0.15) is 39.5 Å². The molecule has 0 radical (unpaired) electrons. The summed E-state index contributed by atoms with van der Waals surface area (Å²) in [4.78, 5) is 2.17. The van der Waals surface area contributed by atoms with Gasteiger partial charge in [-0.3, -0.25) is 0 Å². The molecule has 3 fully saturated rings. The van der Waals surface area contributed by atoms with Gasteiger partial charge >= 0.3 is 0 Å². The molecule has 4 heteroatoms. The van der Waals surface area contributed by atoms with Gasteiger partial charge in [0.25, 0.3) is 5.17 Å². The van der Waals surface area contributed by atoms with Crippen molar-refractivity contribution in [3.05, 3.63) is 0 Å². The number of ether oxygens (including phenoxy) is 1. The van der Waals surface area contributed by atoms with Gasteiger partial charge in [-0.25, -0.2) is 0 Å². The first-order valence-electron chi connectivity index (χ1n) is 6.39. The number of rotatable bonds is 0. The number of likely N-dealkylation sites (N-methyl/N-ethyl adjacent to an activating group) is 1. The summed E-state index contributed by atoms with van der Waals surface area (Å²) in [6, 6.07) is 0.537. The molecule has 1 saturated carbocycles. The Balaban J connectivity index is 1.83. The van der Waals surface area contributed by atoms with Crippen LogP contribution in [-0.2, 0) is 4.74 Å². The lowest BCUT2D eigenvalue weighted by molar-refractivity contribution is 0.148. The molecule has 0 bridgehead atoms. The molecule has 0 spiro atoms. The van der Waals surface area contributed by atoms with Gasteiger partial charge in [-0.15, -0.1) is 0 Å². The first kappa shape index (κ1) is 10.9. The van der Waals surface area contributed by atoms with Gasteiger partial charge < -0.3 is 9.64 Å². The zero-order valence-corrected chi connectivity index (χ0v) is 11.3. The van der Waals surface area contributed by atoms with Crippen LogP contribution in [0.15, 0.2) is 0 Å². The maximum absolute atomic E-state index is 5.88. The summed E-state index contributed by atoms with van der Waals surface area (Å²) in [5.74, 6) is 0. The normalized spacial score (nSPS) is 50.7. The molecular weight excluding hydrogens is 217 g/mol. The van der Waals surface area contributed by atoms with Gasteiger partial charge in [-0.05, 0) is 25.1 Å². The zero-order chi connectivity index (χ0) is 11.6. The van der Waals surface area contributed by atoms with E-state index in [1.54, 1.807) is 0 Å². The van der Waals surface area contributed by atoms with E-state index in [-0.39, 0.29) is 0 Å². The molecule has 0 aromatic rings. The summed E-state index contributed by atoms with van der Waals surface area (Å²) in [6.45, 7) is 4.88. The average Bonchev–Trinajstić information content (AvgIpc) is 2.59. The van der Waals surface area contributed by atoms with E-state index in [1.807, 2.05) is 0 Å². The highest BCUT2D eigenvalue weighted by atomic mass is 32.1. The molecule has 2 nitrogen and oxygen atoms in total. The monoisotopic (exact) mass is 237 g/mol. The largest absolute Gasteiger partial charge is 0.465 e. The van der Waals surface area contributed by atoms with Crippen LogP contribution in [0.2, 0.25) is 10.6 Å². The molecule has 3 rings (SSSR count). The quantitative estimate of drug-likeness (QED) is 0.474. The predicted molar refractivity (Wildman–Crippen MR) is 71.4 cm³/mol. The topological polar surface area (TPSA) is 12.5 Å². The minimum absolute atomic E-state index is 0.352. The number of fused-ring (bicyclic) bond motifs is 2. The van der Waals surface area contributed by atoms with Gasteiger partial charge in [0.15, 0.2) is 0 Å². The van der Waals surface area contributed by atoms with Crippen LogP contribution in [0.3, 0.4) is 0 Å². The van der Waals surface area contributed by atoms with Gasteiger partial charge in [0, 0.05) is 7.05 Å². The van der Waals surface area contributed by atoms with E-state index in [0.29, 0.717) is 27.9 Å². The smallest absolute Gasteiger partial charge is 0.259 e. The third-order valence-corrected chi connectivity index (χ3v) is 5.84. The second kappa shape index (κ2) is 3.15. The van der Waals surface area contributed by atoms with Crippen LogP contribution >= 0.6 is 12.2 Å². The Bertz CT molecular complexity index is 350. The highest BCUT2D eigenvalue weighted by Gasteiger charge is 2.63. The molecule has 4 atom stereocenters. The molecule has 0 N–H and O–H groups in total. The molecular formula is C12H20BNOS. The first-order chi connectivity index (χ1) is 7.45. The number of hydrogen-bond acceptors (Lipinski definition) is 2. The van der Waals surface area contributed by atoms with E-state index >= 15 is 0 Å². The molecule has 0 aromatic heterocycles. The molecule has 0 aromatic carbocycles. The van der Waals surface area contributed by atoms with Crippen molar-refractivity contribution in [3.63, 3.8) is 0 Å². The Hall–Kier alpha value is -0.245. The van der Waals surface area contributed by atoms with E-state index in [2.05, 4.69) is 25.8 Å². The molecule has 2 saturated heterocycles. The molecule has 2 heterocycles. The fourth-order valence-electron chi connectivity index (χ4n) is 3.90. The van der Waals surface area contributed by atoms with Crippen molar-refractivity contribution < 1.29 is 4.74 Å². The highest BCUT2D eigenvalue weighted by molar-refractivity contribution is 7.80. The lowest BCUT2D eigenvalue weighted by atomic mass is 9.81. The van der Waals surface area contributed by atoms with Gasteiger partial charge in [0.05, 0.1) is 6.04 Å². The Kier molecular flexibility index (Phi) is 2.14. The van der Waals surface area contributed by atoms with Gasteiger partial charge in [0.1, 0.15) is 13.4 Å². The van der Waals surface area contributed by atoms with Crippen LogP contribution in [0.4, 0.5) is 0 Å². The number of thiocarbonyl (C=S) groups is 1. The van der Waals surface area contributed by atoms with Crippen molar-refractivity contribution in [2.45, 2.75) is 62.3 Å². The molecule has 0 amide bonds.